The van der Waals surface area contributed by atoms with Crippen molar-refractivity contribution in [2.75, 3.05) is 13.7 Å². The van der Waals surface area contributed by atoms with Crippen LogP contribution >= 0.6 is 15.9 Å². The minimum atomic E-state index is -0.635. The molecule has 0 saturated carbocycles. The molecule has 0 fully saturated rings. The largest absolute Gasteiger partial charge is 0.468 e. The summed E-state index contributed by atoms with van der Waals surface area (Å²) in [6.07, 6.45) is 0.883. The first kappa shape index (κ1) is 14.2. The van der Waals surface area contributed by atoms with Crippen molar-refractivity contribution in [3.05, 3.63) is 34.3 Å². The number of ether oxygens (including phenoxy) is 1. The van der Waals surface area contributed by atoms with Crippen molar-refractivity contribution >= 4 is 21.9 Å². The molecule has 0 amide bonds. The number of carbonyl (C=O) groups excluding carboxylic acids is 1. The van der Waals surface area contributed by atoms with Crippen LogP contribution in [0.1, 0.15) is 19.4 Å². The number of hydrogen-bond acceptors (Lipinski definition) is 3. The van der Waals surface area contributed by atoms with Crippen LogP contribution in [0.15, 0.2) is 28.7 Å². The molecule has 3 nitrogen and oxygen atoms in total. The number of nitrogens with one attached hydrogen (secondary N) is 1. The number of hydrogen-bond donors (Lipinski definition) is 1. The first-order chi connectivity index (χ1) is 7.95. The fraction of sp³-hybridized carbons (Fsp3) is 0.462. The molecule has 1 aromatic rings. The molecular formula is C13H18BrNO2. The van der Waals surface area contributed by atoms with Gasteiger partial charge in [-0.3, -0.25) is 4.79 Å². The Morgan fingerprint density at radius 1 is 1.35 bits per heavy atom. The van der Waals surface area contributed by atoms with Gasteiger partial charge in [0.25, 0.3) is 0 Å². The van der Waals surface area contributed by atoms with E-state index in [4.69, 9.17) is 4.74 Å². The van der Waals surface area contributed by atoms with Gasteiger partial charge < -0.3 is 10.1 Å². The Balaban J connectivity index is 2.42. The Morgan fingerprint density at radius 2 is 1.94 bits per heavy atom. The van der Waals surface area contributed by atoms with E-state index in [-0.39, 0.29) is 5.97 Å². The van der Waals surface area contributed by atoms with Crippen molar-refractivity contribution in [3.8, 4) is 0 Å². The molecule has 0 radical (unpaired) electrons. The Morgan fingerprint density at radius 3 is 2.47 bits per heavy atom. The predicted molar refractivity (Wildman–Crippen MR) is 71.9 cm³/mol. The number of carbonyl (C=O) groups is 1. The van der Waals surface area contributed by atoms with Crippen LogP contribution in [0.3, 0.4) is 0 Å². The summed E-state index contributed by atoms with van der Waals surface area (Å²) in [6, 6.07) is 8.16. The maximum absolute atomic E-state index is 11.4. The number of rotatable bonds is 5. The summed E-state index contributed by atoms with van der Waals surface area (Å²) >= 11 is 3.40. The molecule has 0 aliphatic rings. The Hall–Kier alpha value is -0.870. The fourth-order valence-electron chi connectivity index (χ4n) is 1.50. The first-order valence-corrected chi connectivity index (χ1v) is 6.33. The van der Waals surface area contributed by atoms with Gasteiger partial charge >= 0.3 is 5.97 Å². The highest BCUT2D eigenvalue weighted by molar-refractivity contribution is 9.10. The van der Waals surface area contributed by atoms with Gasteiger partial charge in [0.1, 0.15) is 5.54 Å². The monoisotopic (exact) mass is 299 g/mol. The summed E-state index contributed by atoms with van der Waals surface area (Å²) in [5.41, 5.74) is 0.603. The molecule has 0 aliphatic heterocycles. The van der Waals surface area contributed by atoms with E-state index < -0.39 is 5.54 Å². The number of halogens is 1. The van der Waals surface area contributed by atoms with E-state index in [2.05, 4.69) is 33.4 Å². The van der Waals surface area contributed by atoms with Gasteiger partial charge in [0.15, 0.2) is 0 Å². The normalized spacial score (nSPS) is 11.3. The molecule has 1 rings (SSSR count). The van der Waals surface area contributed by atoms with E-state index in [9.17, 15) is 4.79 Å². The van der Waals surface area contributed by atoms with Crippen LogP contribution in [-0.4, -0.2) is 25.2 Å². The van der Waals surface area contributed by atoms with Crippen molar-refractivity contribution in [2.45, 2.75) is 25.8 Å². The van der Waals surface area contributed by atoms with E-state index in [1.807, 2.05) is 26.0 Å². The number of esters is 1. The zero-order valence-corrected chi connectivity index (χ0v) is 12.0. The second-order valence-corrected chi connectivity index (χ2v) is 5.34. The first-order valence-electron chi connectivity index (χ1n) is 5.53. The predicted octanol–water partition coefficient (Wildman–Crippen LogP) is 2.53. The molecular weight excluding hydrogens is 282 g/mol. The summed E-state index contributed by atoms with van der Waals surface area (Å²) in [5, 5.41) is 3.19. The highest BCUT2D eigenvalue weighted by atomic mass is 79.9. The third-order valence-electron chi connectivity index (χ3n) is 2.59. The van der Waals surface area contributed by atoms with Crippen LogP contribution in [0.25, 0.3) is 0 Å². The number of benzene rings is 1. The van der Waals surface area contributed by atoms with Crippen LogP contribution in [0, 0.1) is 0 Å². The Labute approximate surface area is 111 Å². The van der Waals surface area contributed by atoms with Gasteiger partial charge in [-0.25, -0.2) is 0 Å². The van der Waals surface area contributed by atoms with Gasteiger partial charge in [-0.05, 0) is 38.0 Å². The minimum Gasteiger partial charge on any atom is -0.468 e. The fourth-order valence-corrected chi connectivity index (χ4v) is 1.76. The SMILES string of the molecule is COC(=O)C(C)(C)NCCc1ccc(Br)cc1. The zero-order valence-electron chi connectivity index (χ0n) is 10.4. The van der Waals surface area contributed by atoms with Crippen molar-refractivity contribution in [2.24, 2.45) is 0 Å². The average Bonchev–Trinajstić information content (AvgIpc) is 2.30. The molecule has 17 heavy (non-hydrogen) atoms. The Kier molecular flexibility index (Phi) is 5.15. The van der Waals surface area contributed by atoms with Crippen molar-refractivity contribution in [1.82, 2.24) is 5.32 Å². The summed E-state index contributed by atoms with van der Waals surface area (Å²) in [7, 11) is 1.40. The second-order valence-electron chi connectivity index (χ2n) is 4.42. The zero-order chi connectivity index (χ0) is 12.9. The van der Waals surface area contributed by atoms with Crippen LogP contribution in [0.2, 0.25) is 0 Å². The van der Waals surface area contributed by atoms with E-state index in [0.717, 1.165) is 17.4 Å². The molecule has 1 aromatic carbocycles. The molecule has 0 saturated heterocycles. The van der Waals surface area contributed by atoms with Gasteiger partial charge in [0, 0.05) is 11.0 Å². The molecule has 4 heteroatoms. The topological polar surface area (TPSA) is 38.3 Å². The van der Waals surface area contributed by atoms with Gasteiger partial charge in [-0.1, -0.05) is 28.1 Å². The lowest BCUT2D eigenvalue weighted by atomic mass is 10.1. The quantitative estimate of drug-likeness (QED) is 0.849. The van der Waals surface area contributed by atoms with Crippen molar-refractivity contribution in [1.29, 1.82) is 0 Å². The molecule has 0 spiro atoms. The summed E-state index contributed by atoms with van der Waals surface area (Å²) in [6.45, 7) is 4.38. The molecule has 0 unspecified atom stereocenters. The molecule has 1 N–H and O–H groups in total. The van der Waals surface area contributed by atoms with Crippen molar-refractivity contribution in [3.63, 3.8) is 0 Å². The minimum absolute atomic E-state index is 0.242. The third-order valence-corrected chi connectivity index (χ3v) is 3.12. The average molecular weight is 300 g/mol. The highest BCUT2D eigenvalue weighted by Gasteiger charge is 2.27. The van der Waals surface area contributed by atoms with E-state index in [1.165, 1.54) is 12.7 Å². The Bertz CT molecular complexity index is 374. The third kappa shape index (κ3) is 4.48. The second kappa shape index (κ2) is 6.17. The van der Waals surface area contributed by atoms with E-state index in [1.54, 1.807) is 0 Å². The molecule has 0 atom stereocenters. The van der Waals surface area contributed by atoms with Gasteiger partial charge in [0.05, 0.1) is 7.11 Å². The highest BCUT2D eigenvalue weighted by Crippen LogP contribution is 2.11. The lowest BCUT2D eigenvalue weighted by molar-refractivity contribution is -0.147. The summed E-state index contributed by atoms with van der Waals surface area (Å²) < 4.78 is 5.80. The van der Waals surface area contributed by atoms with Crippen molar-refractivity contribution < 1.29 is 9.53 Å². The van der Waals surface area contributed by atoms with Gasteiger partial charge in [0.2, 0.25) is 0 Å². The molecule has 0 aromatic heterocycles. The maximum Gasteiger partial charge on any atom is 0.325 e. The van der Waals surface area contributed by atoms with Gasteiger partial charge in [-0.15, -0.1) is 0 Å². The summed E-state index contributed by atoms with van der Waals surface area (Å²) in [4.78, 5) is 11.4. The van der Waals surface area contributed by atoms with Crippen LogP contribution < -0.4 is 5.32 Å². The van der Waals surface area contributed by atoms with Crippen LogP contribution in [0.5, 0.6) is 0 Å². The van der Waals surface area contributed by atoms with Crippen LogP contribution in [0.4, 0.5) is 0 Å². The number of methoxy groups -OCH3 is 1. The molecule has 0 heterocycles. The molecule has 0 aliphatic carbocycles. The van der Waals surface area contributed by atoms with E-state index in [0.29, 0.717) is 0 Å². The smallest absolute Gasteiger partial charge is 0.325 e. The lowest BCUT2D eigenvalue weighted by Gasteiger charge is -2.23. The maximum atomic E-state index is 11.4. The van der Waals surface area contributed by atoms with Gasteiger partial charge in [-0.2, -0.15) is 0 Å². The standard InChI is InChI=1S/C13H18BrNO2/c1-13(2,12(16)17-3)15-9-8-10-4-6-11(14)7-5-10/h4-7,15H,8-9H2,1-3H3. The van der Waals surface area contributed by atoms with Crippen LogP contribution in [-0.2, 0) is 16.0 Å². The lowest BCUT2D eigenvalue weighted by Crippen LogP contribution is -2.48. The summed E-state index contributed by atoms with van der Waals surface area (Å²) in [5.74, 6) is -0.242. The van der Waals surface area contributed by atoms with E-state index >= 15 is 0 Å². The molecule has 0 bridgehead atoms. The molecule has 94 valence electrons.